The van der Waals surface area contributed by atoms with E-state index in [1.54, 1.807) is 11.1 Å². The third-order valence-corrected chi connectivity index (χ3v) is 5.87. The van der Waals surface area contributed by atoms with Crippen molar-refractivity contribution < 1.29 is 19.7 Å². The van der Waals surface area contributed by atoms with Crippen molar-refractivity contribution in [2.75, 3.05) is 41.4 Å². The molecule has 2 atom stereocenters. The first-order chi connectivity index (χ1) is 16.5. The number of hydrogen-bond acceptors (Lipinski definition) is 9. The number of hydrogen-bond donors (Lipinski definition) is 3. The van der Waals surface area contributed by atoms with Crippen LogP contribution in [0.15, 0.2) is 42.9 Å². The van der Waals surface area contributed by atoms with Crippen LogP contribution >= 0.6 is 0 Å². The summed E-state index contributed by atoms with van der Waals surface area (Å²) in [4.78, 5) is 34.6. The fourth-order valence-corrected chi connectivity index (χ4v) is 4.23. The highest BCUT2D eigenvalue weighted by atomic mass is 16.5. The van der Waals surface area contributed by atoms with Crippen molar-refractivity contribution in [1.82, 2.24) is 19.9 Å². The predicted molar refractivity (Wildman–Crippen MR) is 125 cm³/mol. The molecular formula is C23H25N7O4. The van der Waals surface area contributed by atoms with Gasteiger partial charge in [-0.15, -0.1) is 0 Å². The number of aliphatic hydroxyl groups excluding tert-OH is 2. The van der Waals surface area contributed by atoms with Crippen LogP contribution in [0.4, 0.5) is 22.1 Å². The molecule has 0 saturated carbocycles. The summed E-state index contributed by atoms with van der Waals surface area (Å²) in [7, 11) is 0. The van der Waals surface area contributed by atoms with Gasteiger partial charge >= 0.3 is 6.03 Å². The van der Waals surface area contributed by atoms with E-state index in [0.29, 0.717) is 5.82 Å². The fraction of sp³-hybridized carbons (Fsp3) is 0.348. The number of nitrogens with one attached hydrogen (secondary N) is 1. The van der Waals surface area contributed by atoms with E-state index >= 15 is 0 Å². The summed E-state index contributed by atoms with van der Waals surface area (Å²) in [5, 5.41) is 21.2. The normalized spacial score (nSPS) is 17.3. The maximum atomic E-state index is 13.4. The number of pyridine rings is 2. The predicted octanol–water partition coefficient (Wildman–Crippen LogP) is 1.60. The number of nitrogens with zero attached hydrogens (tertiary/aromatic N) is 6. The van der Waals surface area contributed by atoms with E-state index in [2.05, 4.69) is 25.2 Å². The number of amides is 2. The number of ether oxygens (including phenoxy) is 1. The Morgan fingerprint density at radius 2 is 2.15 bits per heavy atom. The summed E-state index contributed by atoms with van der Waals surface area (Å²) in [6.07, 6.45) is 2.83. The van der Waals surface area contributed by atoms with Gasteiger partial charge in [0.25, 0.3) is 0 Å². The van der Waals surface area contributed by atoms with Gasteiger partial charge in [-0.2, -0.15) is 0 Å². The molecule has 0 aromatic carbocycles. The quantitative estimate of drug-likeness (QED) is 0.498. The van der Waals surface area contributed by atoms with E-state index in [4.69, 9.17) is 14.8 Å². The van der Waals surface area contributed by atoms with Crippen LogP contribution in [0.1, 0.15) is 12.1 Å². The number of rotatable bonds is 6. The summed E-state index contributed by atoms with van der Waals surface area (Å²) in [6, 6.07) is 8.97. The minimum atomic E-state index is -1.02. The summed E-state index contributed by atoms with van der Waals surface area (Å²) in [5.41, 5.74) is 3.52. The van der Waals surface area contributed by atoms with E-state index in [1.807, 2.05) is 31.2 Å². The first-order valence-corrected chi connectivity index (χ1v) is 11.0. The average molecular weight is 463 g/mol. The van der Waals surface area contributed by atoms with E-state index in [9.17, 15) is 9.90 Å². The molecule has 5 heterocycles. The molecule has 11 heteroatoms. The lowest BCUT2D eigenvalue weighted by molar-refractivity contribution is 0.0521. The Morgan fingerprint density at radius 3 is 2.97 bits per heavy atom. The van der Waals surface area contributed by atoms with E-state index in [-0.39, 0.29) is 30.4 Å². The van der Waals surface area contributed by atoms with Crippen molar-refractivity contribution in [2.45, 2.75) is 25.5 Å². The van der Waals surface area contributed by atoms with Crippen LogP contribution in [0.2, 0.25) is 0 Å². The van der Waals surface area contributed by atoms with Crippen molar-refractivity contribution in [3.8, 4) is 17.1 Å². The Labute approximate surface area is 196 Å². The number of aromatic nitrogens is 4. The molecule has 2 aliphatic heterocycles. The third-order valence-electron chi connectivity index (χ3n) is 5.87. The minimum absolute atomic E-state index is 0.00770. The molecule has 0 aliphatic carbocycles. The van der Waals surface area contributed by atoms with Crippen LogP contribution in [-0.4, -0.2) is 74.6 Å². The topological polar surface area (TPSA) is 137 Å². The minimum Gasteiger partial charge on any atom is -0.475 e. The molecule has 34 heavy (non-hydrogen) atoms. The second-order valence-corrected chi connectivity index (χ2v) is 8.30. The lowest BCUT2D eigenvalue weighted by Gasteiger charge is -2.35. The maximum absolute atomic E-state index is 13.4. The molecule has 1 saturated heterocycles. The lowest BCUT2D eigenvalue weighted by atomic mass is 10.1. The Kier molecular flexibility index (Phi) is 5.95. The van der Waals surface area contributed by atoms with Crippen LogP contribution in [0.3, 0.4) is 0 Å². The summed E-state index contributed by atoms with van der Waals surface area (Å²) >= 11 is 0. The number of carbonyl (C=O) groups is 1. The van der Waals surface area contributed by atoms with Crippen LogP contribution in [0, 0.1) is 6.92 Å². The summed E-state index contributed by atoms with van der Waals surface area (Å²) in [6.45, 7) is 2.98. The molecule has 1 unspecified atom stereocenters. The molecule has 11 nitrogen and oxygen atoms in total. The van der Waals surface area contributed by atoms with Gasteiger partial charge in [0.1, 0.15) is 24.9 Å². The van der Waals surface area contributed by atoms with Gasteiger partial charge in [0, 0.05) is 36.6 Å². The monoisotopic (exact) mass is 463 g/mol. The molecule has 2 amide bonds. The first-order valence-electron chi connectivity index (χ1n) is 11.0. The highest BCUT2D eigenvalue weighted by Crippen LogP contribution is 2.40. The van der Waals surface area contributed by atoms with Crippen molar-refractivity contribution in [2.24, 2.45) is 0 Å². The van der Waals surface area contributed by atoms with Crippen LogP contribution < -0.4 is 19.9 Å². The largest absolute Gasteiger partial charge is 0.475 e. The Morgan fingerprint density at radius 1 is 1.26 bits per heavy atom. The van der Waals surface area contributed by atoms with Gasteiger partial charge in [0.05, 0.1) is 24.0 Å². The van der Waals surface area contributed by atoms with Crippen molar-refractivity contribution in [3.05, 3.63) is 48.5 Å². The zero-order valence-corrected chi connectivity index (χ0v) is 18.6. The van der Waals surface area contributed by atoms with E-state index in [1.165, 1.54) is 12.4 Å². The van der Waals surface area contributed by atoms with Crippen LogP contribution in [-0.2, 0) is 0 Å². The zero-order valence-electron chi connectivity index (χ0n) is 18.6. The Bertz CT molecular complexity index is 1210. The molecule has 5 rings (SSSR count). The molecule has 3 aromatic rings. The molecule has 2 bridgehead atoms. The van der Waals surface area contributed by atoms with E-state index < -0.39 is 12.7 Å². The van der Waals surface area contributed by atoms with Gasteiger partial charge in [-0.25, -0.2) is 19.7 Å². The van der Waals surface area contributed by atoms with Gasteiger partial charge in [-0.05, 0) is 37.6 Å². The first kappa shape index (κ1) is 22.0. The number of fused-ring (bicyclic) bond motifs is 4. The number of urea groups is 1. The Balaban J connectivity index is 1.41. The second-order valence-electron chi connectivity index (χ2n) is 8.30. The molecule has 1 fully saturated rings. The fourth-order valence-electron chi connectivity index (χ4n) is 4.23. The highest BCUT2D eigenvalue weighted by molar-refractivity contribution is 6.04. The zero-order chi connectivity index (χ0) is 23.7. The summed E-state index contributed by atoms with van der Waals surface area (Å²) in [5.74, 6) is 1.04. The Hall–Kier alpha value is -3.83. The van der Waals surface area contributed by atoms with Crippen molar-refractivity contribution >= 4 is 23.4 Å². The second kappa shape index (κ2) is 9.20. The smallest absolute Gasteiger partial charge is 0.329 e. The third kappa shape index (κ3) is 4.35. The van der Waals surface area contributed by atoms with Crippen LogP contribution in [0.25, 0.3) is 11.3 Å². The summed E-state index contributed by atoms with van der Waals surface area (Å²) < 4.78 is 5.36. The average Bonchev–Trinajstić information content (AvgIpc) is 3.26. The van der Waals surface area contributed by atoms with Gasteiger partial charge in [-0.1, -0.05) is 0 Å². The molecule has 0 radical (unpaired) electrons. The number of anilines is 3. The highest BCUT2D eigenvalue weighted by Gasteiger charge is 2.40. The van der Waals surface area contributed by atoms with Gasteiger partial charge in [0.15, 0.2) is 5.82 Å². The molecule has 0 spiro atoms. The molecule has 3 N–H and O–H groups in total. The van der Waals surface area contributed by atoms with Gasteiger partial charge < -0.3 is 19.8 Å². The number of carbonyl (C=O) groups excluding carboxylic acids is 1. The van der Waals surface area contributed by atoms with Crippen molar-refractivity contribution in [1.29, 1.82) is 0 Å². The lowest BCUT2D eigenvalue weighted by Crippen LogP contribution is -2.48. The van der Waals surface area contributed by atoms with E-state index in [0.717, 1.165) is 42.1 Å². The number of aryl methyl sites for hydroxylation is 1. The SMILES string of the molecule is Cc1cc(-c2ccc3c(n2)N(C(=O)Nc2cc(OCC(O)CO)ncn2)[C@H]2CCN3C2)ccn1. The van der Waals surface area contributed by atoms with Crippen molar-refractivity contribution in [3.63, 3.8) is 0 Å². The van der Waals surface area contributed by atoms with Gasteiger partial charge in [0.2, 0.25) is 5.88 Å². The molecule has 2 aliphatic rings. The molecular weight excluding hydrogens is 438 g/mol. The van der Waals surface area contributed by atoms with Crippen LogP contribution in [0.5, 0.6) is 5.88 Å². The standard InChI is InChI=1S/C23H25N7O4/c1-14-8-15(4-6-24-14)18-2-3-19-22(27-18)30(16-5-7-29(19)10-16)23(33)28-20-9-21(26-13-25-20)34-12-17(32)11-31/h2-4,6,8-9,13,16-17,31-32H,5,7,10-12H2,1H3,(H,25,26,28,33)/t16-,17?/m0/s1. The maximum Gasteiger partial charge on any atom is 0.329 e. The number of aliphatic hydroxyl groups is 2. The van der Waals surface area contributed by atoms with Gasteiger partial charge in [-0.3, -0.25) is 15.2 Å². The molecule has 176 valence electrons. The molecule has 3 aromatic heterocycles.